The van der Waals surface area contributed by atoms with Crippen LogP contribution >= 0.6 is 0 Å². The largest absolute Gasteiger partial charge is 0.370 e. The van der Waals surface area contributed by atoms with Gasteiger partial charge in [-0.2, -0.15) is 0 Å². The van der Waals surface area contributed by atoms with E-state index in [1.54, 1.807) is 6.20 Å². The molecule has 2 aromatic rings. The Morgan fingerprint density at radius 1 is 1.24 bits per heavy atom. The van der Waals surface area contributed by atoms with Crippen molar-refractivity contribution in [1.29, 1.82) is 0 Å². The van der Waals surface area contributed by atoms with Crippen LogP contribution in [0.3, 0.4) is 0 Å². The zero-order valence-corrected chi connectivity index (χ0v) is 10.4. The SMILES string of the molecule is CCNc1nc(C)nc(-c2cccnc2)c1C. The molecular weight excluding hydrogens is 212 g/mol. The Bertz CT molecular complexity index is 508. The summed E-state index contributed by atoms with van der Waals surface area (Å²) in [6.45, 7) is 6.84. The molecule has 0 aliphatic heterocycles. The maximum absolute atomic E-state index is 4.49. The molecule has 0 amide bonds. The van der Waals surface area contributed by atoms with E-state index in [1.807, 2.05) is 32.2 Å². The Balaban J connectivity index is 2.54. The van der Waals surface area contributed by atoms with Gasteiger partial charge in [0.2, 0.25) is 0 Å². The molecule has 0 radical (unpaired) electrons. The van der Waals surface area contributed by atoms with Gasteiger partial charge in [0.1, 0.15) is 11.6 Å². The van der Waals surface area contributed by atoms with Crippen LogP contribution in [0.5, 0.6) is 0 Å². The number of nitrogens with one attached hydrogen (secondary N) is 1. The van der Waals surface area contributed by atoms with E-state index in [-0.39, 0.29) is 0 Å². The number of hydrogen-bond donors (Lipinski definition) is 1. The minimum atomic E-state index is 0.769. The fourth-order valence-corrected chi connectivity index (χ4v) is 1.75. The summed E-state index contributed by atoms with van der Waals surface area (Å²) >= 11 is 0. The first-order chi connectivity index (χ1) is 8.22. The van der Waals surface area contributed by atoms with Crippen molar-refractivity contribution >= 4 is 5.82 Å². The normalized spacial score (nSPS) is 10.3. The summed E-state index contributed by atoms with van der Waals surface area (Å²) in [5, 5.41) is 3.26. The summed E-state index contributed by atoms with van der Waals surface area (Å²) in [4.78, 5) is 13.0. The molecule has 0 spiro atoms. The van der Waals surface area contributed by atoms with Crippen molar-refractivity contribution in [2.24, 2.45) is 0 Å². The first kappa shape index (κ1) is 11.5. The van der Waals surface area contributed by atoms with Gasteiger partial charge in [-0.1, -0.05) is 0 Å². The molecule has 2 heterocycles. The van der Waals surface area contributed by atoms with Crippen LogP contribution in [0, 0.1) is 13.8 Å². The average molecular weight is 228 g/mol. The molecular formula is C13H16N4. The van der Waals surface area contributed by atoms with Gasteiger partial charge in [0, 0.05) is 30.1 Å². The third-order valence-electron chi connectivity index (χ3n) is 2.54. The predicted octanol–water partition coefficient (Wildman–Crippen LogP) is 2.59. The minimum absolute atomic E-state index is 0.769. The Kier molecular flexibility index (Phi) is 3.32. The second-order valence-electron chi connectivity index (χ2n) is 3.87. The monoisotopic (exact) mass is 228 g/mol. The number of aromatic nitrogens is 3. The number of anilines is 1. The Morgan fingerprint density at radius 2 is 2.06 bits per heavy atom. The summed E-state index contributed by atoms with van der Waals surface area (Å²) in [7, 11) is 0. The van der Waals surface area contributed by atoms with Gasteiger partial charge in [0.15, 0.2) is 0 Å². The lowest BCUT2D eigenvalue weighted by Crippen LogP contribution is -2.06. The van der Waals surface area contributed by atoms with Crippen LogP contribution in [0.1, 0.15) is 18.3 Å². The molecule has 0 saturated carbocycles. The Labute approximate surface area is 101 Å². The molecule has 0 bridgehead atoms. The first-order valence-electron chi connectivity index (χ1n) is 5.72. The highest BCUT2D eigenvalue weighted by Gasteiger charge is 2.10. The first-order valence-corrected chi connectivity index (χ1v) is 5.72. The molecule has 0 fully saturated rings. The van der Waals surface area contributed by atoms with Crippen LogP contribution in [0.15, 0.2) is 24.5 Å². The van der Waals surface area contributed by atoms with E-state index in [1.165, 1.54) is 0 Å². The molecule has 0 atom stereocenters. The molecule has 4 heteroatoms. The van der Waals surface area contributed by atoms with Gasteiger partial charge in [0.05, 0.1) is 5.69 Å². The van der Waals surface area contributed by atoms with E-state index in [4.69, 9.17) is 0 Å². The third-order valence-corrected chi connectivity index (χ3v) is 2.54. The molecule has 0 unspecified atom stereocenters. The molecule has 17 heavy (non-hydrogen) atoms. The van der Waals surface area contributed by atoms with Gasteiger partial charge in [-0.3, -0.25) is 4.98 Å². The Hall–Kier alpha value is -1.97. The van der Waals surface area contributed by atoms with E-state index >= 15 is 0 Å². The van der Waals surface area contributed by atoms with Gasteiger partial charge in [-0.05, 0) is 32.9 Å². The minimum Gasteiger partial charge on any atom is -0.370 e. The second-order valence-corrected chi connectivity index (χ2v) is 3.87. The summed E-state index contributed by atoms with van der Waals surface area (Å²) in [5.74, 6) is 1.67. The van der Waals surface area contributed by atoms with Crippen LogP contribution in [-0.2, 0) is 0 Å². The molecule has 1 N–H and O–H groups in total. The van der Waals surface area contributed by atoms with E-state index < -0.39 is 0 Å². The van der Waals surface area contributed by atoms with Crippen molar-refractivity contribution in [3.05, 3.63) is 35.9 Å². The van der Waals surface area contributed by atoms with E-state index in [0.29, 0.717) is 0 Å². The molecule has 2 rings (SSSR count). The summed E-state index contributed by atoms with van der Waals surface area (Å²) < 4.78 is 0. The fourth-order valence-electron chi connectivity index (χ4n) is 1.75. The zero-order chi connectivity index (χ0) is 12.3. The molecule has 0 aliphatic carbocycles. The molecule has 0 aliphatic rings. The number of aryl methyl sites for hydroxylation is 1. The third kappa shape index (κ3) is 2.41. The highest BCUT2D eigenvalue weighted by molar-refractivity contribution is 5.67. The number of pyridine rings is 1. The number of rotatable bonds is 3. The van der Waals surface area contributed by atoms with Gasteiger partial charge in [0.25, 0.3) is 0 Å². The standard InChI is InChI=1S/C13H16N4/c1-4-15-13-9(2)12(16-10(3)17-13)11-6-5-7-14-8-11/h5-8H,4H2,1-3H3,(H,15,16,17). The molecule has 0 saturated heterocycles. The zero-order valence-electron chi connectivity index (χ0n) is 10.4. The smallest absolute Gasteiger partial charge is 0.133 e. The van der Waals surface area contributed by atoms with E-state index in [9.17, 15) is 0 Å². The summed E-state index contributed by atoms with van der Waals surface area (Å²) in [6, 6.07) is 3.93. The van der Waals surface area contributed by atoms with Crippen LogP contribution in [0.2, 0.25) is 0 Å². The van der Waals surface area contributed by atoms with Gasteiger partial charge in [-0.25, -0.2) is 9.97 Å². The molecule has 88 valence electrons. The van der Waals surface area contributed by atoms with Crippen LogP contribution in [0.25, 0.3) is 11.3 Å². The van der Waals surface area contributed by atoms with Crippen molar-refractivity contribution < 1.29 is 0 Å². The molecule has 2 aromatic heterocycles. The number of nitrogens with zero attached hydrogens (tertiary/aromatic N) is 3. The number of hydrogen-bond acceptors (Lipinski definition) is 4. The van der Waals surface area contributed by atoms with E-state index in [2.05, 4.69) is 27.2 Å². The van der Waals surface area contributed by atoms with Crippen LogP contribution < -0.4 is 5.32 Å². The van der Waals surface area contributed by atoms with Crippen molar-refractivity contribution in [3.8, 4) is 11.3 Å². The lowest BCUT2D eigenvalue weighted by molar-refractivity contribution is 1.02. The average Bonchev–Trinajstić information content (AvgIpc) is 2.35. The molecule has 0 aromatic carbocycles. The maximum Gasteiger partial charge on any atom is 0.133 e. The lowest BCUT2D eigenvalue weighted by atomic mass is 10.1. The maximum atomic E-state index is 4.49. The second kappa shape index (κ2) is 4.91. The van der Waals surface area contributed by atoms with Crippen LogP contribution in [0.4, 0.5) is 5.82 Å². The van der Waals surface area contributed by atoms with Gasteiger partial charge < -0.3 is 5.32 Å². The highest BCUT2D eigenvalue weighted by Crippen LogP contribution is 2.24. The molecule has 4 nitrogen and oxygen atoms in total. The summed E-state index contributed by atoms with van der Waals surface area (Å²) in [5.41, 5.74) is 3.03. The van der Waals surface area contributed by atoms with E-state index in [0.717, 1.165) is 35.0 Å². The fraction of sp³-hybridized carbons (Fsp3) is 0.308. The summed E-state index contributed by atoms with van der Waals surface area (Å²) in [6.07, 6.45) is 3.59. The van der Waals surface area contributed by atoms with Crippen molar-refractivity contribution in [2.45, 2.75) is 20.8 Å². The highest BCUT2D eigenvalue weighted by atomic mass is 15.0. The van der Waals surface area contributed by atoms with Crippen molar-refractivity contribution in [3.63, 3.8) is 0 Å². The van der Waals surface area contributed by atoms with Crippen LogP contribution in [-0.4, -0.2) is 21.5 Å². The van der Waals surface area contributed by atoms with Crippen molar-refractivity contribution in [1.82, 2.24) is 15.0 Å². The van der Waals surface area contributed by atoms with Gasteiger partial charge >= 0.3 is 0 Å². The quantitative estimate of drug-likeness (QED) is 0.877. The van der Waals surface area contributed by atoms with Crippen molar-refractivity contribution in [2.75, 3.05) is 11.9 Å². The lowest BCUT2D eigenvalue weighted by Gasteiger charge is -2.11. The predicted molar refractivity (Wildman–Crippen MR) is 68.9 cm³/mol. The topological polar surface area (TPSA) is 50.7 Å². The Morgan fingerprint density at radius 3 is 2.71 bits per heavy atom. The van der Waals surface area contributed by atoms with Gasteiger partial charge in [-0.15, -0.1) is 0 Å².